The van der Waals surface area contributed by atoms with E-state index in [1.807, 2.05) is 0 Å². The molecule has 0 amide bonds. The van der Waals surface area contributed by atoms with Gasteiger partial charge in [0.2, 0.25) is 5.89 Å². The highest BCUT2D eigenvalue weighted by molar-refractivity contribution is 6.36. The molecule has 0 N–H and O–H groups in total. The highest BCUT2D eigenvalue weighted by Gasteiger charge is 2.32. The molecule has 160 valence electrons. The van der Waals surface area contributed by atoms with Crippen LogP contribution < -0.4 is 4.90 Å². The summed E-state index contributed by atoms with van der Waals surface area (Å²) < 4.78 is 21.0. The summed E-state index contributed by atoms with van der Waals surface area (Å²) >= 11 is 12.2. The Labute approximate surface area is 186 Å². The fourth-order valence-corrected chi connectivity index (χ4v) is 3.70. The highest BCUT2D eigenvalue weighted by atomic mass is 35.5. The summed E-state index contributed by atoms with van der Waals surface area (Å²) in [5.41, 5.74) is 2.29. The van der Waals surface area contributed by atoms with Gasteiger partial charge in [0, 0.05) is 10.7 Å². The van der Waals surface area contributed by atoms with Gasteiger partial charge in [-0.15, -0.1) is 0 Å². The van der Waals surface area contributed by atoms with Gasteiger partial charge < -0.3 is 23.5 Å². The van der Waals surface area contributed by atoms with Crippen LogP contribution in [0.5, 0.6) is 0 Å². The summed E-state index contributed by atoms with van der Waals surface area (Å²) in [5, 5.41) is 0.906. The monoisotopic (exact) mass is 462 g/mol. The average molecular weight is 463 g/mol. The van der Waals surface area contributed by atoms with Crippen molar-refractivity contribution >= 4 is 51.9 Å². The summed E-state index contributed by atoms with van der Waals surface area (Å²) in [4.78, 5) is 30.6. The van der Waals surface area contributed by atoms with Gasteiger partial charge in [0.15, 0.2) is 5.58 Å². The smallest absolute Gasteiger partial charge is 0.355 e. The first-order valence-corrected chi connectivity index (χ1v) is 9.79. The van der Waals surface area contributed by atoms with Crippen molar-refractivity contribution < 1.29 is 28.2 Å². The van der Waals surface area contributed by atoms with Gasteiger partial charge in [-0.25, -0.2) is 14.6 Å². The standard InChI is InChI=1S/C21H16Cl2N2O6/c1-28-20(26)14-9-30-10-25(18(14)21(27)29-2)12-4-6-17-16(8-12)24-19(31-17)13-5-3-11(22)7-15(13)23/h3-8H,9-10H2,1-2H3. The molecular weight excluding hydrogens is 447 g/mol. The van der Waals surface area contributed by atoms with Crippen LogP contribution in [0.15, 0.2) is 52.1 Å². The first-order valence-electron chi connectivity index (χ1n) is 9.04. The van der Waals surface area contributed by atoms with Gasteiger partial charge in [0.05, 0.1) is 37.0 Å². The predicted molar refractivity (Wildman–Crippen MR) is 114 cm³/mol. The number of methoxy groups -OCH3 is 2. The Balaban J connectivity index is 1.78. The Kier molecular flexibility index (Phi) is 5.86. The number of esters is 2. The van der Waals surface area contributed by atoms with Crippen molar-refractivity contribution in [3.8, 4) is 11.5 Å². The van der Waals surface area contributed by atoms with E-state index in [0.29, 0.717) is 38.3 Å². The molecular formula is C21H16Cl2N2O6. The molecule has 0 saturated carbocycles. The van der Waals surface area contributed by atoms with Crippen LogP contribution in [-0.4, -0.2) is 44.5 Å². The summed E-state index contributed by atoms with van der Waals surface area (Å²) in [6.07, 6.45) is 0. The molecule has 0 atom stereocenters. The second kappa shape index (κ2) is 8.58. The average Bonchev–Trinajstić information content (AvgIpc) is 3.20. The van der Waals surface area contributed by atoms with Crippen LogP contribution in [0.4, 0.5) is 5.69 Å². The van der Waals surface area contributed by atoms with E-state index >= 15 is 0 Å². The maximum atomic E-state index is 12.5. The number of carbonyl (C=O) groups excluding carboxylic acids is 2. The van der Waals surface area contributed by atoms with Gasteiger partial charge >= 0.3 is 11.9 Å². The molecule has 4 rings (SSSR count). The number of hydrogen-bond acceptors (Lipinski definition) is 8. The number of oxazole rings is 1. The van der Waals surface area contributed by atoms with Crippen LogP contribution in [0.25, 0.3) is 22.6 Å². The minimum atomic E-state index is -0.683. The maximum absolute atomic E-state index is 12.5. The van der Waals surface area contributed by atoms with Crippen molar-refractivity contribution in [1.29, 1.82) is 0 Å². The molecule has 1 aliphatic heterocycles. The molecule has 1 aliphatic rings. The number of benzene rings is 2. The molecule has 0 bridgehead atoms. The topological polar surface area (TPSA) is 91.1 Å². The summed E-state index contributed by atoms with van der Waals surface area (Å²) in [6, 6.07) is 10.1. The SMILES string of the molecule is COC(=O)C1=C(C(=O)OC)N(c2ccc3oc(-c4ccc(Cl)cc4Cl)nc3c2)COC1. The van der Waals surface area contributed by atoms with E-state index in [9.17, 15) is 9.59 Å². The van der Waals surface area contributed by atoms with E-state index in [-0.39, 0.29) is 24.6 Å². The number of anilines is 1. The second-order valence-corrected chi connectivity index (χ2v) is 7.35. The number of halogens is 2. The lowest BCUT2D eigenvalue weighted by Crippen LogP contribution is -2.38. The lowest BCUT2D eigenvalue weighted by Gasteiger charge is -2.31. The normalized spacial score (nSPS) is 14.1. The Morgan fingerprint density at radius 3 is 2.55 bits per heavy atom. The zero-order valence-electron chi connectivity index (χ0n) is 16.5. The Hall–Kier alpha value is -3.07. The van der Waals surface area contributed by atoms with Crippen molar-refractivity contribution in [2.24, 2.45) is 0 Å². The molecule has 2 heterocycles. The van der Waals surface area contributed by atoms with E-state index in [2.05, 4.69) is 4.98 Å². The van der Waals surface area contributed by atoms with Crippen molar-refractivity contribution in [1.82, 2.24) is 4.98 Å². The fraction of sp³-hybridized carbons (Fsp3) is 0.190. The zero-order valence-corrected chi connectivity index (χ0v) is 18.0. The number of fused-ring (bicyclic) bond motifs is 1. The van der Waals surface area contributed by atoms with E-state index < -0.39 is 11.9 Å². The van der Waals surface area contributed by atoms with Crippen LogP contribution in [0.2, 0.25) is 10.0 Å². The van der Waals surface area contributed by atoms with Gasteiger partial charge in [-0.2, -0.15) is 0 Å². The maximum Gasteiger partial charge on any atom is 0.355 e. The third-order valence-corrected chi connectivity index (χ3v) is 5.23. The van der Waals surface area contributed by atoms with Crippen LogP contribution in [-0.2, 0) is 23.8 Å². The third kappa shape index (κ3) is 3.97. The summed E-state index contributed by atoms with van der Waals surface area (Å²) in [6.45, 7) is -0.0385. The Bertz CT molecular complexity index is 1220. The molecule has 10 heteroatoms. The van der Waals surface area contributed by atoms with E-state index in [1.165, 1.54) is 19.1 Å². The molecule has 0 fully saturated rings. The summed E-state index contributed by atoms with van der Waals surface area (Å²) in [7, 11) is 2.47. The molecule has 0 spiro atoms. The zero-order chi connectivity index (χ0) is 22.1. The van der Waals surface area contributed by atoms with Crippen LogP contribution >= 0.6 is 23.2 Å². The van der Waals surface area contributed by atoms with Crippen molar-refractivity contribution in [2.45, 2.75) is 0 Å². The molecule has 31 heavy (non-hydrogen) atoms. The number of rotatable bonds is 4. The lowest BCUT2D eigenvalue weighted by atomic mass is 10.1. The third-order valence-electron chi connectivity index (χ3n) is 4.68. The van der Waals surface area contributed by atoms with E-state index in [1.54, 1.807) is 36.4 Å². The Morgan fingerprint density at radius 1 is 1.06 bits per heavy atom. The minimum Gasteiger partial charge on any atom is -0.466 e. The number of hydrogen-bond donors (Lipinski definition) is 0. The number of carbonyl (C=O) groups is 2. The summed E-state index contributed by atoms with van der Waals surface area (Å²) in [5.74, 6) is -1.03. The van der Waals surface area contributed by atoms with E-state index in [0.717, 1.165) is 0 Å². The molecule has 3 aromatic rings. The van der Waals surface area contributed by atoms with Gasteiger partial charge in [0.25, 0.3) is 0 Å². The van der Waals surface area contributed by atoms with Gasteiger partial charge in [-0.3, -0.25) is 0 Å². The number of aromatic nitrogens is 1. The molecule has 1 aromatic heterocycles. The lowest BCUT2D eigenvalue weighted by molar-refractivity contribution is -0.140. The van der Waals surface area contributed by atoms with Crippen molar-refractivity contribution in [3.63, 3.8) is 0 Å². The highest BCUT2D eigenvalue weighted by Crippen LogP contribution is 2.34. The molecule has 0 saturated heterocycles. The van der Waals surface area contributed by atoms with Gasteiger partial charge in [0.1, 0.15) is 17.9 Å². The van der Waals surface area contributed by atoms with Crippen LogP contribution in [0.3, 0.4) is 0 Å². The fourth-order valence-electron chi connectivity index (χ4n) is 3.21. The van der Waals surface area contributed by atoms with Crippen molar-refractivity contribution in [3.05, 3.63) is 57.7 Å². The molecule has 0 unspecified atom stereocenters. The molecule has 2 aromatic carbocycles. The van der Waals surface area contributed by atoms with E-state index in [4.69, 9.17) is 41.8 Å². The quantitative estimate of drug-likeness (QED) is 0.532. The van der Waals surface area contributed by atoms with Gasteiger partial charge in [-0.05, 0) is 36.4 Å². The molecule has 0 aliphatic carbocycles. The molecule has 8 nitrogen and oxygen atoms in total. The van der Waals surface area contributed by atoms with Gasteiger partial charge in [-0.1, -0.05) is 23.2 Å². The second-order valence-electron chi connectivity index (χ2n) is 6.51. The number of nitrogens with zero attached hydrogens (tertiary/aromatic N) is 2. The molecule has 0 radical (unpaired) electrons. The Morgan fingerprint density at radius 2 is 1.84 bits per heavy atom. The first kappa shape index (κ1) is 21.2. The van der Waals surface area contributed by atoms with Crippen molar-refractivity contribution in [2.75, 3.05) is 32.5 Å². The van der Waals surface area contributed by atoms with Crippen LogP contribution in [0, 0.1) is 0 Å². The minimum absolute atomic E-state index is 0.0319. The largest absolute Gasteiger partial charge is 0.466 e. The first-order chi connectivity index (χ1) is 14.9. The predicted octanol–water partition coefficient (Wildman–Crippen LogP) is 4.20. The van der Waals surface area contributed by atoms with Crippen LogP contribution in [0.1, 0.15) is 0 Å². The number of ether oxygens (including phenoxy) is 3.